The van der Waals surface area contributed by atoms with Gasteiger partial charge in [-0.1, -0.05) is 37.6 Å². The van der Waals surface area contributed by atoms with E-state index in [0.29, 0.717) is 11.6 Å². The van der Waals surface area contributed by atoms with Crippen LogP contribution < -0.4 is 5.32 Å². The monoisotopic (exact) mass is 294 g/mol. The summed E-state index contributed by atoms with van der Waals surface area (Å²) in [6.45, 7) is 8.14. The molecule has 0 spiro atoms. The molecule has 0 bridgehead atoms. The third kappa shape index (κ3) is 6.73. The molecule has 20 heavy (non-hydrogen) atoms. The number of nitrogens with one attached hydrogen (secondary N) is 1. The van der Waals surface area contributed by atoms with E-state index in [1.54, 1.807) is 12.2 Å². The first kappa shape index (κ1) is 16.7. The zero-order valence-corrected chi connectivity index (χ0v) is 13.0. The maximum atomic E-state index is 11.6. The fourth-order valence-electron chi connectivity index (χ4n) is 1.86. The molecule has 0 aromatic heterocycles. The van der Waals surface area contributed by atoms with E-state index in [4.69, 9.17) is 11.6 Å². The van der Waals surface area contributed by atoms with Crippen LogP contribution in [0.4, 0.5) is 0 Å². The molecule has 1 amide bonds. The van der Waals surface area contributed by atoms with E-state index in [1.807, 2.05) is 24.3 Å². The largest absolute Gasteiger partial charge is 0.353 e. The fourth-order valence-corrected chi connectivity index (χ4v) is 1.98. The first-order chi connectivity index (χ1) is 9.65. The zero-order chi connectivity index (χ0) is 14.8. The van der Waals surface area contributed by atoms with Gasteiger partial charge in [-0.25, -0.2) is 0 Å². The predicted molar refractivity (Wildman–Crippen MR) is 85.9 cm³/mol. The molecule has 0 aliphatic carbocycles. The average molecular weight is 295 g/mol. The van der Waals surface area contributed by atoms with Crippen LogP contribution >= 0.6 is 11.6 Å². The van der Waals surface area contributed by atoms with Gasteiger partial charge in [-0.2, -0.15) is 0 Å². The number of carbonyl (C=O) groups is 1. The molecule has 0 aliphatic heterocycles. The van der Waals surface area contributed by atoms with E-state index >= 15 is 0 Å². The van der Waals surface area contributed by atoms with Crippen molar-refractivity contribution in [2.45, 2.75) is 20.3 Å². The summed E-state index contributed by atoms with van der Waals surface area (Å²) < 4.78 is 0. The SMILES string of the molecule is CCN(CC)CCCNC(=O)C=Cc1ccc(Cl)cc1. The molecule has 3 nitrogen and oxygen atoms in total. The second-order valence-electron chi connectivity index (χ2n) is 4.56. The van der Waals surface area contributed by atoms with Gasteiger partial charge in [0.05, 0.1) is 0 Å². The van der Waals surface area contributed by atoms with Crippen LogP contribution in [0.5, 0.6) is 0 Å². The maximum Gasteiger partial charge on any atom is 0.243 e. The number of carbonyl (C=O) groups excluding carboxylic acids is 1. The van der Waals surface area contributed by atoms with E-state index in [1.165, 1.54) is 0 Å². The summed E-state index contributed by atoms with van der Waals surface area (Å²) in [5.41, 5.74) is 0.965. The molecule has 4 heteroatoms. The lowest BCUT2D eigenvalue weighted by Crippen LogP contribution is -2.29. The number of hydrogen-bond donors (Lipinski definition) is 1. The third-order valence-electron chi connectivity index (χ3n) is 3.14. The summed E-state index contributed by atoms with van der Waals surface area (Å²) in [6.07, 6.45) is 4.32. The Morgan fingerprint density at radius 3 is 2.50 bits per heavy atom. The van der Waals surface area contributed by atoms with Gasteiger partial charge in [-0.05, 0) is 49.8 Å². The molecule has 0 fully saturated rings. The van der Waals surface area contributed by atoms with Crippen molar-refractivity contribution < 1.29 is 4.79 Å². The van der Waals surface area contributed by atoms with E-state index < -0.39 is 0 Å². The minimum Gasteiger partial charge on any atom is -0.353 e. The molecule has 0 heterocycles. The van der Waals surface area contributed by atoms with Gasteiger partial charge < -0.3 is 10.2 Å². The molecule has 0 aliphatic rings. The van der Waals surface area contributed by atoms with Crippen LogP contribution in [0, 0.1) is 0 Å². The molecule has 0 unspecified atom stereocenters. The highest BCUT2D eigenvalue weighted by molar-refractivity contribution is 6.30. The van der Waals surface area contributed by atoms with Crippen LogP contribution in [-0.2, 0) is 4.79 Å². The Kier molecular flexibility index (Phi) is 8.00. The lowest BCUT2D eigenvalue weighted by molar-refractivity contribution is -0.116. The highest BCUT2D eigenvalue weighted by Gasteiger charge is 1.99. The van der Waals surface area contributed by atoms with Crippen molar-refractivity contribution in [3.8, 4) is 0 Å². The second-order valence-corrected chi connectivity index (χ2v) is 4.99. The lowest BCUT2D eigenvalue weighted by atomic mass is 10.2. The van der Waals surface area contributed by atoms with Crippen molar-refractivity contribution in [1.82, 2.24) is 10.2 Å². The van der Waals surface area contributed by atoms with Gasteiger partial charge in [0.15, 0.2) is 0 Å². The summed E-state index contributed by atoms with van der Waals surface area (Å²) in [7, 11) is 0. The number of hydrogen-bond acceptors (Lipinski definition) is 2. The Balaban J connectivity index is 2.24. The van der Waals surface area contributed by atoms with Crippen molar-refractivity contribution in [2.75, 3.05) is 26.2 Å². The Hall–Kier alpha value is -1.32. The number of amides is 1. The van der Waals surface area contributed by atoms with Crippen molar-refractivity contribution in [1.29, 1.82) is 0 Å². The molecular formula is C16H23ClN2O. The van der Waals surface area contributed by atoms with Gasteiger partial charge in [-0.3, -0.25) is 4.79 Å². The summed E-state index contributed by atoms with van der Waals surface area (Å²) in [5.74, 6) is -0.0560. The minimum absolute atomic E-state index is 0.0560. The van der Waals surface area contributed by atoms with Gasteiger partial charge >= 0.3 is 0 Å². The van der Waals surface area contributed by atoms with Crippen LogP contribution in [0.3, 0.4) is 0 Å². The van der Waals surface area contributed by atoms with Crippen LogP contribution in [-0.4, -0.2) is 37.0 Å². The summed E-state index contributed by atoms with van der Waals surface area (Å²) in [4.78, 5) is 14.0. The molecule has 110 valence electrons. The number of halogens is 1. The molecule has 1 aromatic rings. The third-order valence-corrected chi connectivity index (χ3v) is 3.39. The second kappa shape index (κ2) is 9.56. The first-order valence-corrected chi connectivity index (χ1v) is 7.47. The van der Waals surface area contributed by atoms with Crippen molar-refractivity contribution in [3.63, 3.8) is 0 Å². The van der Waals surface area contributed by atoms with Gasteiger partial charge in [0, 0.05) is 17.6 Å². The van der Waals surface area contributed by atoms with Crippen LogP contribution in [0.1, 0.15) is 25.8 Å². The summed E-state index contributed by atoms with van der Waals surface area (Å²) in [5, 5.41) is 3.59. The number of benzene rings is 1. The maximum absolute atomic E-state index is 11.6. The van der Waals surface area contributed by atoms with Crippen molar-refractivity contribution in [2.24, 2.45) is 0 Å². The summed E-state index contributed by atoms with van der Waals surface area (Å²) in [6, 6.07) is 7.38. The van der Waals surface area contributed by atoms with Crippen LogP contribution in [0.2, 0.25) is 5.02 Å². The Labute approximate surface area is 126 Å². The zero-order valence-electron chi connectivity index (χ0n) is 12.2. The lowest BCUT2D eigenvalue weighted by Gasteiger charge is -2.17. The quantitative estimate of drug-likeness (QED) is 0.590. The number of nitrogens with zero attached hydrogens (tertiary/aromatic N) is 1. The van der Waals surface area contributed by atoms with Crippen molar-refractivity contribution in [3.05, 3.63) is 40.9 Å². The highest BCUT2D eigenvalue weighted by Crippen LogP contribution is 2.10. The van der Waals surface area contributed by atoms with Gasteiger partial charge in [0.25, 0.3) is 0 Å². The van der Waals surface area contributed by atoms with Crippen LogP contribution in [0.15, 0.2) is 30.3 Å². The normalized spacial score (nSPS) is 11.2. The molecule has 0 atom stereocenters. The Morgan fingerprint density at radius 1 is 1.25 bits per heavy atom. The molecular weight excluding hydrogens is 272 g/mol. The molecule has 1 aromatic carbocycles. The molecule has 0 saturated heterocycles. The average Bonchev–Trinajstić information content (AvgIpc) is 2.47. The molecule has 1 rings (SSSR count). The molecule has 0 saturated carbocycles. The van der Waals surface area contributed by atoms with Gasteiger partial charge in [0.2, 0.25) is 5.91 Å². The summed E-state index contributed by atoms with van der Waals surface area (Å²) >= 11 is 5.80. The van der Waals surface area contributed by atoms with Gasteiger partial charge in [0.1, 0.15) is 0 Å². The van der Waals surface area contributed by atoms with E-state index in [2.05, 4.69) is 24.1 Å². The molecule has 1 N–H and O–H groups in total. The number of rotatable bonds is 8. The minimum atomic E-state index is -0.0560. The fraction of sp³-hybridized carbons (Fsp3) is 0.438. The van der Waals surface area contributed by atoms with E-state index in [-0.39, 0.29) is 5.91 Å². The predicted octanol–water partition coefficient (Wildman–Crippen LogP) is 3.20. The Morgan fingerprint density at radius 2 is 1.90 bits per heavy atom. The van der Waals surface area contributed by atoms with Crippen LogP contribution in [0.25, 0.3) is 6.08 Å². The topological polar surface area (TPSA) is 32.3 Å². The Bertz CT molecular complexity index is 425. The van der Waals surface area contributed by atoms with Gasteiger partial charge in [-0.15, -0.1) is 0 Å². The van der Waals surface area contributed by atoms with Crippen molar-refractivity contribution >= 4 is 23.6 Å². The van der Waals surface area contributed by atoms with E-state index in [0.717, 1.165) is 31.6 Å². The highest BCUT2D eigenvalue weighted by atomic mass is 35.5. The smallest absolute Gasteiger partial charge is 0.243 e. The van der Waals surface area contributed by atoms with E-state index in [9.17, 15) is 4.79 Å². The first-order valence-electron chi connectivity index (χ1n) is 7.09. The standard InChI is InChI=1S/C16H23ClN2O/c1-3-19(4-2)13-5-12-18-16(20)11-8-14-6-9-15(17)10-7-14/h6-11H,3-5,12-13H2,1-2H3,(H,18,20). The molecule has 0 radical (unpaired) electrons.